The Labute approximate surface area is 137 Å². The van der Waals surface area contributed by atoms with Crippen LogP contribution in [0.25, 0.3) is 10.2 Å². The summed E-state index contributed by atoms with van der Waals surface area (Å²) in [5.41, 5.74) is 0.689. The maximum atomic E-state index is 12.0. The molecule has 1 atom stereocenters. The van der Waals surface area contributed by atoms with Crippen molar-refractivity contribution < 1.29 is 14.3 Å². The van der Waals surface area contributed by atoms with Crippen LogP contribution in [0.3, 0.4) is 0 Å². The highest BCUT2D eigenvalue weighted by atomic mass is 35.5. The Morgan fingerprint density at radius 3 is 3.05 bits per heavy atom. The molecular weight excluding hydrogens is 324 g/mol. The maximum Gasteiger partial charge on any atom is 0.225 e. The molecule has 1 aromatic carbocycles. The number of amides is 1. The molecule has 0 aliphatic carbocycles. The molecule has 1 aliphatic heterocycles. The molecule has 1 aromatic heterocycles. The highest BCUT2D eigenvalue weighted by Gasteiger charge is 2.25. The summed E-state index contributed by atoms with van der Waals surface area (Å²) in [4.78, 5) is 18.3. The van der Waals surface area contributed by atoms with Crippen molar-refractivity contribution in [3.63, 3.8) is 0 Å². The molecule has 0 radical (unpaired) electrons. The molecule has 1 aliphatic rings. The molecule has 0 bridgehead atoms. The smallest absolute Gasteiger partial charge is 0.225 e. The van der Waals surface area contributed by atoms with E-state index >= 15 is 0 Å². The van der Waals surface area contributed by atoms with E-state index in [2.05, 4.69) is 4.98 Å². The van der Waals surface area contributed by atoms with Gasteiger partial charge in [0.05, 0.1) is 29.5 Å². The van der Waals surface area contributed by atoms with Crippen LogP contribution < -0.4 is 9.64 Å². The Morgan fingerprint density at radius 2 is 2.41 bits per heavy atom. The number of hydrogen-bond acceptors (Lipinski definition) is 5. The summed E-state index contributed by atoms with van der Waals surface area (Å²) >= 11 is 7.64. The van der Waals surface area contributed by atoms with Gasteiger partial charge in [-0.15, -0.1) is 0 Å². The summed E-state index contributed by atoms with van der Waals surface area (Å²) in [6, 6.07) is 3.56. The molecule has 0 saturated carbocycles. The molecular formula is C15H17ClN2O3S. The lowest BCUT2D eigenvalue weighted by Crippen LogP contribution is -2.35. The van der Waals surface area contributed by atoms with Crippen LogP contribution in [-0.4, -0.2) is 37.3 Å². The summed E-state index contributed by atoms with van der Waals surface area (Å²) in [7, 11) is 1.59. The number of fused-ring (bicyclic) bond motifs is 1. The number of benzene rings is 1. The standard InChI is InChI=1S/C15H17ClN2O3S/c1-9(19)18(8-10-4-3-7-21-10)15-17-13-12(20-2)6-5-11(16)14(13)22-15/h5-6,10H,3-4,7-8H2,1-2H3/t10-/m0/s1. The van der Waals surface area contributed by atoms with Crippen LogP contribution in [0.15, 0.2) is 12.1 Å². The molecule has 2 heterocycles. The van der Waals surface area contributed by atoms with Gasteiger partial charge >= 0.3 is 0 Å². The van der Waals surface area contributed by atoms with Crippen LogP contribution >= 0.6 is 22.9 Å². The zero-order valence-corrected chi connectivity index (χ0v) is 14.0. The van der Waals surface area contributed by atoms with Crippen molar-refractivity contribution >= 4 is 44.2 Å². The van der Waals surface area contributed by atoms with Gasteiger partial charge in [-0.25, -0.2) is 4.98 Å². The first-order valence-corrected chi connectivity index (χ1v) is 8.32. The lowest BCUT2D eigenvalue weighted by Gasteiger charge is -2.21. The number of anilines is 1. The fourth-order valence-corrected chi connectivity index (χ4v) is 3.86. The number of nitrogens with zero attached hydrogens (tertiary/aromatic N) is 2. The van der Waals surface area contributed by atoms with Crippen molar-refractivity contribution in [3.05, 3.63) is 17.2 Å². The molecule has 7 heteroatoms. The Kier molecular flexibility index (Phi) is 4.52. The van der Waals surface area contributed by atoms with E-state index in [1.54, 1.807) is 31.1 Å². The molecule has 1 saturated heterocycles. The van der Waals surface area contributed by atoms with Gasteiger partial charge in [-0.3, -0.25) is 9.69 Å². The van der Waals surface area contributed by atoms with Crippen LogP contribution in [0.2, 0.25) is 5.02 Å². The normalized spacial score (nSPS) is 17.9. The maximum absolute atomic E-state index is 12.0. The number of methoxy groups -OCH3 is 1. The molecule has 2 aromatic rings. The van der Waals surface area contributed by atoms with E-state index < -0.39 is 0 Å². The lowest BCUT2D eigenvalue weighted by molar-refractivity contribution is -0.116. The SMILES string of the molecule is COc1ccc(Cl)c2sc(N(C[C@@H]3CCCO3)C(C)=O)nc12. The zero-order valence-electron chi connectivity index (χ0n) is 12.5. The molecule has 22 heavy (non-hydrogen) atoms. The van der Waals surface area contributed by atoms with E-state index in [-0.39, 0.29) is 12.0 Å². The van der Waals surface area contributed by atoms with E-state index in [9.17, 15) is 4.79 Å². The summed E-state index contributed by atoms with van der Waals surface area (Å²) < 4.78 is 11.8. The highest BCUT2D eigenvalue weighted by Crippen LogP contribution is 2.39. The third kappa shape index (κ3) is 2.91. The lowest BCUT2D eigenvalue weighted by atomic mass is 10.2. The largest absolute Gasteiger partial charge is 0.494 e. The predicted octanol–water partition coefficient (Wildman–Crippen LogP) is 3.49. The van der Waals surface area contributed by atoms with E-state index in [1.165, 1.54) is 11.3 Å². The Bertz CT molecular complexity index is 697. The minimum absolute atomic E-state index is 0.0513. The molecule has 1 fully saturated rings. The van der Waals surface area contributed by atoms with Crippen molar-refractivity contribution in [2.45, 2.75) is 25.9 Å². The van der Waals surface area contributed by atoms with Gasteiger partial charge in [-0.1, -0.05) is 22.9 Å². The number of carbonyl (C=O) groups is 1. The first-order chi connectivity index (χ1) is 10.6. The van der Waals surface area contributed by atoms with Crippen molar-refractivity contribution in [1.29, 1.82) is 0 Å². The van der Waals surface area contributed by atoms with Crippen LogP contribution in [0.1, 0.15) is 19.8 Å². The monoisotopic (exact) mass is 340 g/mol. The number of rotatable bonds is 4. The Hall–Kier alpha value is -1.37. The number of aromatic nitrogens is 1. The molecule has 0 unspecified atom stereocenters. The molecule has 118 valence electrons. The van der Waals surface area contributed by atoms with Gasteiger partial charge in [0.15, 0.2) is 5.13 Å². The van der Waals surface area contributed by atoms with Crippen LogP contribution in [0.5, 0.6) is 5.75 Å². The van der Waals surface area contributed by atoms with Crippen molar-refractivity contribution in [3.8, 4) is 5.75 Å². The second kappa shape index (κ2) is 6.40. The summed E-state index contributed by atoms with van der Waals surface area (Å²) in [6.45, 7) is 2.82. The van der Waals surface area contributed by atoms with Gasteiger partial charge in [-0.2, -0.15) is 0 Å². The van der Waals surface area contributed by atoms with E-state index in [0.717, 1.165) is 24.1 Å². The first-order valence-electron chi connectivity index (χ1n) is 7.13. The topological polar surface area (TPSA) is 51.7 Å². The van der Waals surface area contributed by atoms with Crippen LogP contribution in [0.4, 0.5) is 5.13 Å². The fraction of sp³-hybridized carbons (Fsp3) is 0.467. The number of hydrogen-bond donors (Lipinski definition) is 0. The van der Waals surface area contributed by atoms with Crippen molar-refractivity contribution in [1.82, 2.24) is 4.98 Å². The fourth-order valence-electron chi connectivity index (χ4n) is 2.55. The zero-order chi connectivity index (χ0) is 15.7. The van der Waals surface area contributed by atoms with E-state index in [4.69, 9.17) is 21.1 Å². The third-order valence-electron chi connectivity index (χ3n) is 3.69. The van der Waals surface area contributed by atoms with Gasteiger partial charge in [0.2, 0.25) is 5.91 Å². The van der Waals surface area contributed by atoms with Crippen molar-refractivity contribution in [2.75, 3.05) is 25.2 Å². The van der Waals surface area contributed by atoms with Gasteiger partial charge < -0.3 is 9.47 Å². The third-order valence-corrected chi connectivity index (χ3v) is 5.23. The number of ether oxygens (including phenoxy) is 2. The average molecular weight is 341 g/mol. The predicted molar refractivity (Wildman–Crippen MR) is 88.2 cm³/mol. The van der Waals surface area contributed by atoms with Crippen molar-refractivity contribution in [2.24, 2.45) is 0 Å². The molecule has 1 amide bonds. The van der Waals surface area contributed by atoms with Crippen LogP contribution in [0, 0.1) is 0 Å². The highest BCUT2D eigenvalue weighted by molar-refractivity contribution is 7.23. The minimum atomic E-state index is -0.0513. The van der Waals surface area contributed by atoms with Gasteiger partial charge in [0, 0.05) is 13.5 Å². The van der Waals surface area contributed by atoms with Gasteiger partial charge in [-0.05, 0) is 25.0 Å². The second-order valence-corrected chi connectivity index (χ2v) is 6.57. The minimum Gasteiger partial charge on any atom is -0.494 e. The Balaban J connectivity index is 1.98. The molecule has 0 N–H and O–H groups in total. The first kappa shape index (κ1) is 15.5. The molecule has 3 rings (SSSR count). The summed E-state index contributed by atoms with van der Waals surface area (Å²) in [5.74, 6) is 0.604. The number of thiazole rings is 1. The second-order valence-electron chi connectivity index (χ2n) is 5.19. The molecule has 0 spiro atoms. The number of halogens is 1. The van der Waals surface area contributed by atoms with Gasteiger partial charge in [0.1, 0.15) is 11.3 Å². The Morgan fingerprint density at radius 1 is 1.59 bits per heavy atom. The van der Waals surface area contributed by atoms with Crippen LogP contribution in [-0.2, 0) is 9.53 Å². The van der Waals surface area contributed by atoms with E-state index in [0.29, 0.717) is 28.0 Å². The quantitative estimate of drug-likeness (QED) is 0.855. The number of carbonyl (C=O) groups excluding carboxylic acids is 1. The van der Waals surface area contributed by atoms with E-state index in [1.807, 2.05) is 0 Å². The van der Waals surface area contributed by atoms with Gasteiger partial charge in [0.25, 0.3) is 0 Å². The summed E-state index contributed by atoms with van der Waals surface area (Å²) in [6.07, 6.45) is 2.09. The average Bonchev–Trinajstić information content (AvgIpc) is 3.14. The summed E-state index contributed by atoms with van der Waals surface area (Å²) in [5, 5.41) is 1.24. The molecule has 5 nitrogen and oxygen atoms in total.